The van der Waals surface area contributed by atoms with Crippen molar-refractivity contribution in [2.45, 2.75) is 6.92 Å². The van der Waals surface area contributed by atoms with Crippen molar-refractivity contribution < 1.29 is 9.31 Å². The number of nitrogens with one attached hydrogen (secondary N) is 1. The standard InChI is InChI=1S/C9H6ClFN4O3/c1-4-12-9(16)14(13-4)8-3-7(15(17)18)5(10)2-6(8)11/h2-3H,1H3,(H,12,13,16). The summed E-state index contributed by atoms with van der Waals surface area (Å²) in [6.45, 7) is 1.50. The predicted octanol–water partition coefficient (Wildman–Crippen LogP) is 1.57. The Balaban J connectivity index is 2.72. The highest BCUT2D eigenvalue weighted by molar-refractivity contribution is 6.32. The van der Waals surface area contributed by atoms with Gasteiger partial charge in [-0.1, -0.05) is 11.6 Å². The minimum Gasteiger partial charge on any atom is -0.293 e. The first kappa shape index (κ1) is 12.2. The molecule has 18 heavy (non-hydrogen) atoms. The van der Waals surface area contributed by atoms with Crippen molar-refractivity contribution in [3.63, 3.8) is 0 Å². The van der Waals surface area contributed by atoms with Gasteiger partial charge in [-0.15, -0.1) is 0 Å². The van der Waals surface area contributed by atoms with Gasteiger partial charge in [0.25, 0.3) is 5.69 Å². The van der Waals surface area contributed by atoms with E-state index in [-0.39, 0.29) is 16.5 Å². The summed E-state index contributed by atoms with van der Waals surface area (Å²) in [7, 11) is 0. The topological polar surface area (TPSA) is 93.8 Å². The third-order valence-corrected chi connectivity index (χ3v) is 2.47. The monoisotopic (exact) mass is 272 g/mol. The summed E-state index contributed by atoms with van der Waals surface area (Å²) in [6.07, 6.45) is 0. The third-order valence-electron chi connectivity index (χ3n) is 2.17. The van der Waals surface area contributed by atoms with Crippen molar-refractivity contribution >= 4 is 17.3 Å². The molecule has 0 spiro atoms. The van der Waals surface area contributed by atoms with E-state index < -0.39 is 22.1 Å². The number of aryl methyl sites for hydroxylation is 1. The summed E-state index contributed by atoms with van der Waals surface area (Å²) in [6, 6.07) is 1.63. The second kappa shape index (κ2) is 4.22. The quantitative estimate of drug-likeness (QED) is 0.663. The molecular weight excluding hydrogens is 267 g/mol. The Labute approximate surface area is 104 Å². The predicted molar refractivity (Wildman–Crippen MR) is 60.5 cm³/mol. The van der Waals surface area contributed by atoms with E-state index >= 15 is 0 Å². The van der Waals surface area contributed by atoms with Gasteiger partial charge in [0.1, 0.15) is 16.5 Å². The molecular formula is C9H6ClFN4O3. The van der Waals surface area contributed by atoms with Gasteiger partial charge in [0.05, 0.1) is 4.92 Å². The Morgan fingerprint density at radius 1 is 1.56 bits per heavy atom. The fraction of sp³-hybridized carbons (Fsp3) is 0.111. The molecule has 0 aliphatic carbocycles. The second-order valence-electron chi connectivity index (χ2n) is 3.44. The Bertz CT molecular complexity index is 694. The highest BCUT2D eigenvalue weighted by atomic mass is 35.5. The smallest absolute Gasteiger partial charge is 0.293 e. The lowest BCUT2D eigenvalue weighted by Gasteiger charge is -2.02. The fourth-order valence-electron chi connectivity index (χ4n) is 1.42. The van der Waals surface area contributed by atoms with E-state index in [0.717, 1.165) is 12.1 Å². The average molecular weight is 273 g/mol. The van der Waals surface area contributed by atoms with Crippen LogP contribution in [0.1, 0.15) is 5.82 Å². The van der Waals surface area contributed by atoms with Crippen molar-refractivity contribution in [1.82, 2.24) is 14.8 Å². The van der Waals surface area contributed by atoms with Crippen LogP contribution in [-0.4, -0.2) is 19.7 Å². The molecule has 9 heteroatoms. The molecule has 1 N–H and O–H groups in total. The Kier molecular flexibility index (Phi) is 2.87. The van der Waals surface area contributed by atoms with Crippen LogP contribution in [-0.2, 0) is 0 Å². The number of aromatic amines is 1. The molecule has 0 saturated heterocycles. The van der Waals surface area contributed by atoms with Gasteiger partial charge in [-0.3, -0.25) is 15.1 Å². The van der Waals surface area contributed by atoms with Crippen LogP contribution in [0.4, 0.5) is 10.1 Å². The van der Waals surface area contributed by atoms with Crippen LogP contribution in [0.2, 0.25) is 5.02 Å². The molecule has 0 atom stereocenters. The summed E-state index contributed by atoms with van der Waals surface area (Å²) in [5, 5.41) is 14.1. The molecule has 0 bridgehead atoms. The molecule has 0 fully saturated rings. The van der Waals surface area contributed by atoms with Gasteiger partial charge in [0.2, 0.25) is 0 Å². The van der Waals surface area contributed by atoms with E-state index in [1.807, 2.05) is 0 Å². The van der Waals surface area contributed by atoms with E-state index in [0.29, 0.717) is 4.68 Å². The largest absolute Gasteiger partial charge is 0.348 e. The lowest BCUT2D eigenvalue weighted by molar-refractivity contribution is -0.384. The number of halogens is 2. The number of hydrogen-bond acceptors (Lipinski definition) is 4. The van der Waals surface area contributed by atoms with E-state index in [1.54, 1.807) is 0 Å². The maximum absolute atomic E-state index is 13.6. The highest BCUT2D eigenvalue weighted by Crippen LogP contribution is 2.28. The lowest BCUT2D eigenvalue weighted by atomic mass is 10.2. The molecule has 1 heterocycles. The van der Waals surface area contributed by atoms with Gasteiger partial charge in [0, 0.05) is 12.1 Å². The van der Waals surface area contributed by atoms with Gasteiger partial charge < -0.3 is 0 Å². The maximum Gasteiger partial charge on any atom is 0.348 e. The van der Waals surface area contributed by atoms with E-state index in [9.17, 15) is 19.3 Å². The summed E-state index contributed by atoms with van der Waals surface area (Å²) in [5.74, 6) is -0.615. The second-order valence-corrected chi connectivity index (χ2v) is 3.85. The number of nitrogens with zero attached hydrogens (tertiary/aromatic N) is 3. The SMILES string of the molecule is Cc1nn(-c2cc([N+](=O)[O-])c(Cl)cc2F)c(=O)[nH]1. The number of rotatable bonds is 2. The zero-order chi connectivity index (χ0) is 13.4. The van der Waals surface area contributed by atoms with Crippen LogP contribution in [0.15, 0.2) is 16.9 Å². The molecule has 0 aliphatic rings. The molecule has 2 aromatic rings. The van der Waals surface area contributed by atoms with Crippen molar-refractivity contribution in [3.05, 3.63) is 49.4 Å². The molecule has 94 valence electrons. The molecule has 0 saturated carbocycles. The summed E-state index contributed by atoms with van der Waals surface area (Å²) in [5.41, 5.74) is -1.52. The zero-order valence-corrected chi connectivity index (χ0v) is 9.73. The van der Waals surface area contributed by atoms with E-state index in [1.165, 1.54) is 6.92 Å². The molecule has 0 radical (unpaired) electrons. The maximum atomic E-state index is 13.6. The van der Waals surface area contributed by atoms with Crippen molar-refractivity contribution in [3.8, 4) is 5.69 Å². The lowest BCUT2D eigenvalue weighted by Crippen LogP contribution is -2.17. The van der Waals surface area contributed by atoms with Crippen molar-refractivity contribution in [1.29, 1.82) is 0 Å². The third kappa shape index (κ3) is 1.97. The molecule has 0 aliphatic heterocycles. The average Bonchev–Trinajstić information content (AvgIpc) is 2.57. The number of aromatic nitrogens is 3. The number of nitro groups is 1. The van der Waals surface area contributed by atoms with E-state index in [2.05, 4.69) is 10.1 Å². The summed E-state index contributed by atoms with van der Waals surface area (Å²) < 4.78 is 14.4. The van der Waals surface area contributed by atoms with Crippen molar-refractivity contribution in [2.24, 2.45) is 0 Å². The minimum absolute atomic E-state index is 0.261. The Hall–Kier alpha value is -2.22. The number of benzene rings is 1. The molecule has 1 aromatic heterocycles. The summed E-state index contributed by atoms with van der Waals surface area (Å²) in [4.78, 5) is 23.7. The van der Waals surface area contributed by atoms with Gasteiger partial charge in [0.15, 0.2) is 5.82 Å². The number of nitro benzene ring substituents is 1. The zero-order valence-electron chi connectivity index (χ0n) is 8.98. The summed E-state index contributed by atoms with van der Waals surface area (Å²) >= 11 is 5.53. The van der Waals surface area contributed by atoms with E-state index in [4.69, 9.17) is 11.6 Å². The first-order chi connectivity index (χ1) is 8.40. The highest BCUT2D eigenvalue weighted by Gasteiger charge is 2.19. The normalized spacial score (nSPS) is 10.6. The van der Waals surface area contributed by atoms with Gasteiger partial charge >= 0.3 is 5.69 Å². The van der Waals surface area contributed by atoms with Gasteiger partial charge in [-0.05, 0) is 6.92 Å². The van der Waals surface area contributed by atoms with Crippen LogP contribution in [0.5, 0.6) is 0 Å². The van der Waals surface area contributed by atoms with Crippen LogP contribution in [0.3, 0.4) is 0 Å². The van der Waals surface area contributed by atoms with Crippen LogP contribution in [0.25, 0.3) is 5.69 Å². The molecule has 2 rings (SSSR count). The number of H-pyrrole nitrogens is 1. The Morgan fingerprint density at radius 3 is 2.72 bits per heavy atom. The molecule has 1 aromatic carbocycles. The molecule has 0 amide bonds. The van der Waals surface area contributed by atoms with Crippen LogP contribution < -0.4 is 5.69 Å². The first-order valence-electron chi connectivity index (χ1n) is 4.70. The first-order valence-corrected chi connectivity index (χ1v) is 5.07. The minimum atomic E-state index is -0.876. The molecule has 7 nitrogen and oxygen atoms in total. The van der Waals surface area contributed by atoms with Crippen molar-refractivity contribution in [2.75, 3.05) is 0 Å². The van der Waals surface area contributed by atoms with Crippen LogP contribution >= 0.6 is 11.6 Å². The number of hydrogen-bond donors (Lipinski definition) is 1. The molecule has 0 unspecified atom stereocenters. The fourth-order valence-corrected chi connectivity index (χ4v) is 1.64. The van der Waals surface area contributed by atoms with Gasteiger partial charge in [-0.2, -0.15) is 9.78 Å². The Morgan fingerprint density at radius 2 is 2.22 bits per heavy atom. The van der Waals surface area contributed by atoms with Crippen LogP contribution in [0, 0.1) is 22.9 Å². The van der Waals surface area contributed by atoms with Gasteiger partial charge in [-0.25, -0.2) is 9.18 Å².